The van der Waals surface area contributed by atoms with Gasteiger partial charge in [-0.3, -0.25) is 0 Å². The van der Waals surface area contributed by atoms with Crippen molar-refractivity contribution in [3.63, 3.8) is 0 Å². The van der Waals surface area contributed by atoms with Gasteiger partial charge in [-0.1, -0.05) is 18.2 Å². The van der Waals surface area contributed by atoms with Crippen LogP contribution in [-0.2, 0) is 0 Å². The molecule has 0 bridgehead atoms. The quantitative estimate of drug-likeness (QED) is 0.596. The summed E-state index contributed by atoms with van der Waals surface area (Å²) in [4.78, 5) is 0. The van der Waals surface area contributed by atoms with Gasteiger partial charge in [0.25, 0.3) is 0 Å². The number of rotatable bonds is 1. The van der Waals surface area contributed by atoms with E-state index in [4.69, 9.17) is 0 Å². The fourth-order valence-corrected chi connectivity index (χ4v) is 3.23. The number of benzene rings is 2. The zero-order chi connectivity index (χ0) is 13.4. The molecule has 94 valence electrons. The van der Waals surface area contributed by atoms with Gasteiger partial charge in [-0.15, -0.1) is 0 Å². The highest BCUT2D eigenvalue weighted by Gasteiger charge is 2.14. The van der Waals surface area contributed by atoms with Gasteiger partial charge < -0.3 is 0 Å². The van der Waals surface area contributed by atoms with Crippen LogP contribution in [0.1, 0.15) is 27.8 Å². The van der Waals surface area contributed by atoms with E-state index in [2.05, 4.69) is 81.5 Å². The Morgan fingerprint density at radius 2 is 1.11 bits per heavy atom. The highest BCUT2D eigenvalue weighted by atomic mass is 127. The Kier molecular flexibility index (Phi) is 3.81. The molecule has 0 nitrogen and oxygen atoms in total. The minimum Gasteiger partial charge on any atom is -0.0616 e. The van der Waals surface area contributed by atoms with Gasteiger partial charge in [0.2, 0.25) is 0 Å². The van der Waals surface area contributed by atoms with E-state index >= 15 is 0 Å². The van der Waals surface area contributed by atoms with Crippen molar-refractivity contribution in [3.05, 3.63) is 55.7 Å². The summed E-state index contributed by atoms with van der Waals surface area (Å²) in [7, 11) is 0. The maximum Gasteiger partial charge on any atom is 0.0208 e. The van der Waals surface area contributed by atoms with Crippen LogP contribution in [0.5, 0.6) is 0 Å². The second-order valence-electron chi connectivity index (χ2n) is 4.98. The van der Waals surface area contributed by atoms with Crippen molar-refractivity contribution < 1.29 is 0 Å². The van der Waals surface area contributed by atoms with Crippen LogP contribution in [0.4, 0.5) is 0 Å². The average Bonchev–Trinajstić information content (AvgIpc) is 2.36. The molecule has 0 fully saturated rings. The van der Waals surface area contributed by atoms with Crippen molar-refractivity contribution in [2.24, 2.45) is 0 Å². The van der Waals surface area contributed by atoms with Crippen molar-refractivity contribution in [1.29, 1.82) is 0 Å². The van der Waals surface area contributed by atoms with Crippen LogP contribution in [0.3, 0.4) is 0 Å². The summed E-state index contributed by atoms with van der Waals surface area (Å²) >= 11 is 2.43. The van der Waals surface area contributed by atoms with Crippen LogP contribution in [-0.4, -0.2) is 0 Å². The molecule has 0 aliphatic carbocycles. The predicted molar refractivity (Wildman–Crippen MR) is 88.3 cm³/mol. The Balaban J connectivity index is 2.85. The Bertz CT molecular complexity index is 580. The molecule has 2 aromatic carbocycles. The molecule has 0 heterocycles. The molecule has 2 aromatic rings. The first-order chi connectivity index (χ1) is 8.45. The monoisotopic (exact) mass is 350 g/mol. The molecule has 0 saturated heterocycles. The van der Waals surface area contributed by atoms with Crippen LogP contribution in [0.2, 0.25) is 0 Å². The average molecular weight is 350 g/mol. The van der Waals surface area contributed by atoms with Gasteiger partial charge >= 0.3 is 0 Å². The molecule has 0 spiro atoms. The molecular weight excluding hydrogens is 331 g/mol. The van der Waals surface area contributed by atoms with Crippen LogP contribution in [0, 0.1) is 38.2 Å². The second kappa shape index (κ2) is 5.04. The molecule has 0 amide bonds. The Morgan fingerprint density at radius 1 is 0.667 bits per heavy atom. The molecular formula is C17H19I. The Morgan fingerprint density at radius 3 is 1.61 bits per heavy atom. The third-order valence-electron chi connectivity index (χ3n) is 4.14. The summed E-state index contributed by atoms with van der Waals surface area (Å²) in [5.74, 6) is 0. The lowest BCUT2D eigenvalue weighted by Gasteiger charge is -2.19. The van der Waals surface area contributed by atoms with Crippen molar-refractivity contribution in [2.75, 3.05) is 0 Å². The molecule has 0 atom stereocenters. The molecule has 18 heavy (non-hydrogen) atoms. The predicted octanol–water partition coefficient (Wildman–Crippen LogP) is 5.50. The molecule has 0 aromatic heterocycles. The van der Waals surface area contributed by atoms with E-state index in [0.29, 0.717) is 0 Å². The Hall–Kier alpha value is -0.830. The highest BCUT2D eigenvalue weighted by Crippen LogP contribution is 2.35. The summed E-state index contributed by atoms with van der Waals surface area (Å²) in [5.41, 5.74) is 9.89. The smallest absolute Gasteiger partial charge is 0.0208 e. The molecule has 0 saturated carbocycles. The van der Waals surface area contributed by atoms with E-state index < -0.39 is 0 Å². The van der Waals surface area contributed by atoms with Gasteiger partial charge in [-0.2, -0.15) is 0 Å². The molecule has 1 heteroatoms. The molecule has 0 unspecified atom stereocenters. The van der Waals surface area contributed by atoms with E-state index in [1.54, 1.807) is 0 Å². The summed E-state index contributed by atoms with van der Waals surface area (Å²) in [6.07, 6.45) is 0. The topological polar surface area (TPSA) is 0 Å². The lowest BCUT2D eigenvalue weighted by Crippen LogP contribution is -2.00. The molecule has 0 N–H and O–H groups in total. The van der Waals surface area contributed by atoms with Crippen LogP contribution in [0.25, 0.3) is 11.1 Å². The van der Waals surface area contributed by atoms with Crippen molar-refractivity contribution >= 4 is 22.6 Å². The zero-order valence-corrected chi connectivity index (χ0v) is 13.8. The first kappa shape index (κ1) is 13.6. The summed E-state index contributed by atoms with van der Waals surface area (Å²) in [5, 5.41) is 0. The van der Waals surface area contributed by atoms with Crippen LogP contribution < -0.4 is 0 Å². The van der Waals surface area contributed by atoms with Gasteiger partial charge in [-0.05, 0) is 102 Å². The van der Waals surface area contributed by atoms with Gasteiger partial charge in [0, 0.05) is 3.57 Å². The maximum atomic E-state index is 2.43. The minimum absolute atomic E-state index is 1.32. The standard InChI is InChI=1S/C17H19I/c1-10-11(2)13(4)17(14(5)12(10)3)15-8-6-7-9-16(15)18/h6-9H,1-5H3. The van der Waals surface area contributed by atoms with Crippen molar-refractivity contribution in [1.82, 2.24) is 0 Å². The SMILES string of the molecule is Cc1c(C)c(C)c(-c2ccccc2I)c(C)c1C. The number of hydrogen-bond acceptors (Lipinski definition) is 0. The normalized spacial score (nSPS) is 10.8. The number of hydrogen-bond donors (Lipinski definition) is 0. The van der Waals surface area contributed by atoms with Gasteiger partial charge in [0.1, 0.15) is 0 Å². The van der Waals surface area contributed by atoms with Gasteiger partial charge in [0.05, 0.1) is 0 Å². The third-order valence-corrected chi connectivity index (χ3v) is 5.08. The summed E-state index contributed by atoms with van der Waals surface area (Å²) in [6.45, 7) is 11.2. The minimum atomic E-state index is 1.32. The van der Waals surface area contributed by atoms with Crippen molar-refractivity contribution in [2.45, 2.75) is 34.6 Å². The Labute approximate surface area is 124 Å². The maximum absolute atomic E-state index is 2.43. The zero-order valence-electron chi connectivity index (χ0n) is 11.7. The van der Waals surface area contributed by atoms with E-state index in [0.717, 1.165) is 0 Å². The van der Waals surface area contributed by atoms with E-state index in [9.17, 15) is 0 Å². The van der Waals surface area contributed by atoms with Gasteiger partial charge in [-0.25, -0.2) is 0 Å². The first-order valence-electron chi connectivity index (χ1n) is 6.27. The van der Waals surface area contributed by atoms with Crippen LogP contribution >= 0.6 is 22.6 Å². The molecule has 2 rings (SSSR count). The first-order valence-corrected chi connectivity index (χ1v) is 7.35. The molecule has 0 radical (unpaired) electrons. The van der Waals surface area contributed by atoms with Gasteiger partial charge in [0.15, 0.2) is 0 Å². The second-order valence-corrected chi connectivity index (χ2v) is 6.14. The van der Waals surface area contributed by atoms with Crippen LogP contribution in [0.15, 0.2) is 24.3 Å². The third kappa shape index (κ3) is 2.09. The lowest BCUT2D eigenvalue weighted by atomic mass is 9.86. The fraction of sp³-hybridized carbons (Fsp3) is 0.294. The van der Waals surface area contributed by atoms with E-state index in [-0.39, 0.29) is 0 Å². The molecule has 0 aliphatic rings. The van der Waals surface area contributed by atoms with E-state index in [1.807, 2.05) is 0 Å². The highest BCUT2D eigenvalue weighted by molar-refractivity contribution is 14.1. The number of halogens is 1. The van der Waals surface area contributed by atoms with E-state index in [1.165, 1.54) is 42.5 Å². The summed E-state index contributed by atoms with van der Waals surface area (Å²) in [6, 6.07) is 8.63. The van der Waals surface area contributed by atoms with Crippen molar-refractivity contribution in [3.8, 4) is 11.1 Å². The lowest BCUT2D eigenvalue weighted by molar-refractivity contribution is 1.18. The largest absolute Gasteiger partial charge is 0.0616 e. The summed E-state index contributed by atoms with van der Waals surface area (Å²) < 4.78 is 1.32. The fourth-order valence-electron chi connectivity index (χ4n) is 2.57. The molecule has 0 aliphatic heterocycles.